The van der Waals surface area contributed by atoms with Crippen molar-refractivity contribution in [2.75, 3.05) is 13.2 Å². The van der Waals surface area contributed by atoms with E-state index in [2.05, 4.69) is 12.1 Å². The number of carboxylic acid groups (broad SMARTS) is 2. The molecule has 6 nitrogen and oxygen atoms in total. The maximum absolute atomic E-state index is 11.3. The van der Waals surface area contributed by atoms with Crippen LogP contribution in [0.2, 0.25) is 0 Å². The van der Waals surface area contributed by atoms with Gasteiger partial charge in [-0.15, -0.1) is 56.7 Å². The van der Waals surface area contributed by atoms with Gasteiger partial charge in [0.2, 0.25) is 0 Å². The molecule has 0 saturated carbocycles. The molecular weight excluding hydrogens is 569 g/mol. The van der Waals surface area contributed by atoms with E-state index in [1.54, 1.807) is 46.1 Å². The number of hydrogen-bond donors (Lipinski definition) is 4. The lowest BCUT2D eigenvalue weighted by molar-refractivity contribution is 0.0691. The van der Waals surface area contributed by atoms with Gasteiger partial charge in [-0.2, -0.15) is 0 Å². The van der Waals surface area contributed by atoms with Crippen molar-refractivity contribution in [3.8, 4) is 39.0 Å². The summed E-state index contributed by atoms with van der Waals surface area (Å²) in [5, 5.41) is 37.9. The lowest BCUT2D eigenvalue weighted by Crippen LogP contribution is -1.89. The minimum atomic E-state index is -0.942. The van der Waals surface area contributed by atoms with Gasteiger partial charge in [-0.3, -0.25) is 0 Å². The lowest BCUT2D eigenvalue weighted by Gasteiger charge is -2.00. The molecule has 0 saturated heterocycles. The fourth-order valence-electron chi connectivity index (χ4n) is 3.88. The van der Waals surface area contributed by atoms with Crippen LogP contribution in [-0.2, 0) is 12.8 Å². The van der Waals surface area contributed by atoms with E-state index in [0.29, 0.717) is 12.8 Å². The zero-order chi connectivity index (χ0) is 26.1. The van der Waals surface area contributed by atoms with Crippen molar-refractivity contribution in [2.45, 2.75) is 12.8 Å². The van der Waals surface area contributed by atoms with Gasteiger partial charge < -0.3 is 20.4 Å². The Balaban J connectivity index is 1.51. The summed E-state index contributed by atoms with van der Waals surface area (Å²) in [4.78, 5) is 31.1. The Morgan fingerprint density at radius 3 is 1.30 bits per heavy atom. The first-order valence-electron chi connectivity index (χ1n) is 11.1. The van der Waals surface area contributed by atoms with Crippen molar-refractivity contribution in [2.24, 2.45) is 0 Å². The molecular formula is C26H20O6S5. The summed E-state index contributed by atoms with van der Waals surface area (Å²) in [6.07, 6.45) is 0.999. The number of hydrogen-bond acceptors (Lipinski definition) is 9. The first-order chi connectivity index (χ1) is 17.9. The van der Waals surface area contributed by atoms with Crippen LogP contribution in [0.25, 0.3) is 39.0 Å². The molecule has 0 aromatic carbocycles. The zero-order valence-corrected chi connectivity index (χ0v) is 23.2. The van der Waals surface area contributed by atoms with Gasteiger partial charge in [0.25, 0.3) is 0 Å². The van der Waals surface area contributed by atoms with Crippen LogP contribution < -0.4 is 0 Å². The fraction of sp³-hybridized carbons (Fsp3) is 0.154. The third kappa shape index (κ3) is 5.34. The van der Waals surface area contributed by atoms with Crippen LogP contribution in [0.1, 0.15) is 30.5 Å². The molecule has 5 rings (SSSR count). The van der Waals surface area contributed by atoms with Gasteiger partial charge in [0.1, 0.15) is 9.75 Å². The number of aliphatic hydroxyl groups is 2. The van der Waals surface area contributed by atoms with Crippen molar-refractivity contribution in [1.29, 1.82) is 0 Å². The first kappa shape index (κ1) is 26.0. The maximum atomic E-state index is 11.3. The standard InChI is InChI=1S/C26H20O6S5/c27-9-7-13-11-21(15-1-5-19(33-15)25(29)30)36-23(13)17-3-4-18(35-17)24-14(8-10-28)12-22(37-24)16-2-6-20(34-16)26(31)32/h1-6,11-12,27-28H,7-10H2,(H,29,30)(H,31,32). The molecule has 0 fully saturated rings. The summed E-state index contributed by atoms with van der Waals surface area (Å²) >= 11 is 7.28. The molecule has 0 aliphatic heterocycles. The third-order valence-corrected chi connectivity index (χ3v) is 11.9. The Labute approximate surface area is 232 Å². The highest BCUT2D eigenvalue weighted by atomic mass is 32.1. The second-order valence-electron chi connectivity index (χ2n) is 7.98. The van der Waals surface area contributed by atoms with E-state index >= 15 is 0 Å². The summed E-state index contributed by atoms with van der Waals surface area (Å²) in [6, 6.07) is 15.0. The van der Waals surface area contributed by atoms with Gasteiger partial charge in [-0.05, 0) is 72.5 Å². The molecule has 190 valence electrons. The fourth-order valence-corrected chi connectivity index (χ4v) is 9.45. The zero-order valence-electron chi connectivity index (χ0n) is 19.1. The lowest BCUT2D eigenvalue weighted by atomic mass is 10.1. The largest absolute Gasteiger partial charge is 0.477 e. The molecule has 0 atom stereocenters. The highest BCUT2D eigenvalue weighted by Gasteiger charge is 2.20. The van der Waals surface area contributed by atoms with Crippen molar-refractivity contribution < 1.29 is 30.0 Å². The number of thiophene rings is 5. The van der Waals surface area contributed by atoms with Crippen LogP contribution in [0.3, 0.4) is 0 Å². The molecule has 5 aromatic rings. The van der Waals surface area contributed by atoms with Crippen molar-refractivity contribution in [1.82, 2.24) is 0 Å². The highest BCUT2D eigenvalue weighted by Crippen LogP contribution is 2.47. The number of carboxylic acids is 2. The topological polar surface area (TPSA) is 115 Å². The van der Waals surface area contributed by atoms with Crippen molar-refractivity contribution >= 4 is 68.6 Å². The summed E-state index contributed by atoms with van der Waals surface area (Å²) in [7, 11) is 0. The molecule has 0 aliphatic rings. The van der Waals surface area contributed by atoms with Gasteiger partial charge in [-0.25, -0.2) is 9.59 Å². The number of aliphatic hydroxyl groups excluding tert-OH is 2. The minimum absolute atomic E-state index is 0.0142. The maximum Gasteiger partial charge on any atom is 0.345 e. The summed E-state index contributed by atoms with van der Waals surface area (Å²) < 4.78 is 0. The minimum Gasteiger partial charge on any atom is -0.477 e. The molecule has 0 unspecified atom stereocenters. The predicted octanol–water partition coefficient (Wildman–Crippen LogP) is 7.13. The van der Waals surface area contributed by atoms with Crippen LogP contribution in [0.4, 0.5) is 0 Å². The Hall–Kier alpha value is -2.64. The second-order valence-corrected chi connectivity index (χ2v) is 13.3. The molecule has 0 spiro atoms. The van der Waals surface area contributed by atoms with E-state index in [0.717, 1.165) is 50.1 Å². The van der Waals surface area contributed by atoms with Gasteiger partial charge in [0.05, 0.1) is 0 Å². The van der Waals surface area contributed by atoms with Crippen LogP contribution in [0, 0.1) is 0 Å². The molecule has 0 radical (unpaired) electrons. The third-order valence-electron chi connectivity index (χ3n) is 5.55. The molecule has 5 aromatic heterocycles. The SMILES string of the molecule is O=C(O)c1ccc(-c2cc(CCO)c(-c3ccc(-c4sc(-c5ccc(C(=O)O)s5)cc4CCO)s3)s2)s1. The Bertz CT molecular complexity index is 1460. The molecule has 5 heterocycles. The normalized spacial score (nSPS) is 11.3. The number of aromatic carboxylic acids is 2. The van der Waals surface area contributed by atoms with E-state index in [1.165, 1.54) is 22.7 Å². The van der Waals surface area contributed by atoms with Crippen LogP contribution in [0.15, 0.2) is 48.5 Å². The summed E-state index contributed by atoms with van der Waals surface area (Å²) in [5.41, 5.74) is 2.03. The number of rotatable bonds is 10. The second kappa shape index (κ2) is 11.0. The molecule has 4 N–H and O–H groups in total. The van der Waals surface area contributed by atoms with Crippen LogP contribution >= 0.6 is 56.7 Å². The Kier molecular flexibility index (Phi) is 7.72. The molecule has 0 bridgehead atoms. The summed E-state index contributed by atoms with van der Waals surface area (Å²) in [5.74, 6) is -1.88. The monoisotopic (exact) mass is 588 g/mol. The molecule has 37 heavy (non-hydrogen) atoms. The predicted molar refractivity (Wildman–Crippen MR) is 153 cm³/mol. The van der Waals surface area contributed by atoms with Gasteiger partial charge >= 0.3 is 11.9 Å². The number of carbonyl (C=O) groups is 2. The smallest absolute Gasteiger partial charge is 0.345 e. The van der Waals surface area contributed by atoms with E-state index in [9.17, 15) is 30.0 Å². The van der Waals surface area contributed by atoms with Gasteiger partial charge in [-0.1, -0.05) is 0 Å². The Morgan fingerprint density at radius 1 is 0.541 bits per heavy atom. The van der Waals surface area contributed by atoms with E-state index in [1.807, 2.05) is 24.3 Å². The Morgan fingerprint density at radius 2 is 0.946 bits per heavy atom. The van der Waals surface area contributed by atoms with Crippen LogP contribution in [-0.4, -0.2) is 45.6 Å². The van der Waals surface area contributed by atoms with Crippen molar-refractivity contribution in [3.05, 3.63) is 69.4 Å². The molecule has 0 amide bonds. The quantitative estimate of drug-likeness (QED) is 0.138. The summed E-state index contributed by atoms with van der Waals surface area (Å²) in [6.45, 7) is 0.0284. The first-order valence-corrected chi connectivity index (χ1v) is 15.2. The average molecular weight is 589 g/mol. The van der Waals surface area contributed by atoms with Gasteiger partial charge in [0, 0.05) is 52.2 Å². The van der Waals surface area contributed by atoms with E-state index in [-0.39, 0.29) is 23.0 Å². The van der Waals surface area contributed by atoms with E-state index in [4.69, 9.17) is 0 Å². The molecule has 11 heteroatoms. The molecule has 0 aliphatic carbocycles. The van der Waals surface area contributed by atoms with Crippen LogP contribution in [0.5, 0.6) is 0 Å². The van der Waals surface area contributed by atoms with E-state index < -0.39 is 11.9 Å². The van der Waals surface area contributed by atoms with Gasteiger partial charge in [0.15, 0.2) is 0 Å². The van der Waals surface area contributed by atoms with Crippen molar-refractivity contribution in [3.63, 3.8) is 0 Å². The average Bonchev–Trinajstić information content (AvgIpc) is 3.68. The highest BCUT2D eigenvalue weighted by molar-refractivity contribution is 7.30.